The van der Waals surface area contributed by atoms with Gasteiger partial charge in [-0.2, -0.15) is 0 Å². The predicted molar refractivity (Wildman–Crippen MR) is 108 cm³/mol. The number of aromatic nitrogens is 1. The van der Waals surface area contributed by atoms with E-state index in [4.69, 9.17) is 0 Å². The molecule has 2 aromatic heterocycles. The number of nitrogens with zero attached hydrogens (tertiary/aromatic N) is 1. The second-order valence-electron chi connectivity index (χ2n) is 6.25. The first-order chi connectivity index (χ1) is 12.3. The molecule has 0 aliphatic heterocycles. The summed E-state index contributed by atoms with van der Waals surface area (Å²) in [7, 11) is 1.98. The van der Waals surface area contributed by atoms with Gasteiger partial charge in [0.1, 0.15) is 0 Å². The molecule has 0 aliphatic carbocycles. The second kappa shape index (κ2) is 5.30. The number of para-hydroxylation sites is 1. The van der Waals surface area contributed by atoms with Crippen LogP contribution in [0.2, 0.25) is 0 Å². The fourth-order valence-electron chi connectivity index (χ4n) is 3.74. The molecule has 5 rings (SSSR count). The molecule has 0 unspecified atom stereocenters. The lowest BCUT2D eigenvalue weighted by Gasteiger charge is -2.00. The lowest BCUT2D eigenvalue weighted by atomic mass is 10.1. The molecule has 2 heterocycles. The van der Waals surface area contributed by atoms with Crippen molar-refractivity contribution < 1.29 is 0 Å². The minimum absolute atomic E-state index is 0.0899. The van der Waals surface area contributed by atoms with Crippen LogP contribution in [0.25, 0.3) is 43.0 Å². The maximum Gasteiger partial charge on any atom is 0.210 e. The van der Waals surface area contributed by atoms with Gasteiger partial charge in [0.25, 0.3) is 0 Å². The van der Waals surface area contributed by atoms with Crippen LogP contribution in [0.5, 0.6) is 0 Å². The first-order valence-corrected chi connectivity index (χ1v) is 9.11. The smallest absolute Gasteiger partial charge is 0.210 e. The molecule has 2 nitrogen and oxygen atoms in total. The van der Waals surface area contributed by atoms with Gasteiger partial charge in [0, 0.05) is 39.2 Å². The molecule has 0 bridgehead atoms. The van der Waals surface area contributed by atoms with Crippen molar-refractivity contribution in [3.8, 4) is 10.4 Å². The third-order valence-electron chi connectivity index (χ3n) is 4.90. The second-order valence-corrected chi connectivity index (χ2v) is 7.20. The summed E-state index contributed by atoms with van der Waals surface area (Å²) >= 11 is 1.70. The Balaban J connectivity index is 2.15. The Morgan fingerprint density at radius 1 is 0.800 bits per heavy atom. The van der Waals surface area contributed by atoms with E-state index >= 15 is 0 Å². The van der Waals surface area contributed by atoms with E-state index in [0.717, 1.165) is 38.1 Å². The molecule has 0 amide bonds. The van der Waals surface area contributed by atoms with Crippen LogP contribution in [-0.2, 0) is 7.05 Å². The molecule has 0 saturated heterocycles. The van der Waals surface area contributed by atoms with Gasteiger partial charge in [-0.1, -0.05) is 48.5 Å². The van der Waals surface area contributed by atoms with Gasteiger partial charge < -0.3 is 4.57 Å². The number of hydrogen-bond acceptors (Lipinski definition) is 2. The number of aryl methyl sites for hydroxylation is 1. The molecule has 3 aromatic carbocycles. The van der Waals surface area contributed by atoms with E-state index < -0.39 is 0 Å². The van der Waals surface area contributed by atoms with Gasteiger partial charge in [-0.3, -0.25) is 4.79 Å². The van der Waals surface area contributed by atoms with Crippen LogP contribution < -0.4 is 5.43 Å². The van der Waals surface area contributed by atoms with Crippen molar-refractivity contribution in [2.45, 2.75) is 0 Å². The topological polar surface area (TPSA) is 22.0 Å². The highest BCUT2D eigenvalue weighted by Gasteiger charge is 2.15. The van der Waals surface area contributed by atoms with Crippen molar-refractivity contribution in [2.24, 2.45) is 7.05 Å². The Hall–Kier alpha value is -2.91. The van der Waals surface area contributed by atoms with Crippen molar-refractivity contribution in [3.05, 3.63) is 82.3 Å². The third-order valence-corrected chi connectivity index (χ3v) is 5.80. The van der Waals surface area contributed by atoms with Crippen molar-refractivity contribution in [1.82, 2.24) is 4.57 Å². The van der Waals surface area contributed by atoms with Crippen molar-refractivity contribution in [1.29, 1.82) is 0 Å². The molecule has 0 N–H and O–H groups in total. The van der Waals surface area contributed by atoms with E-state index in [1.807, 2.05) is 48.0 Å². The maximum absolute atomic E-state index is 13.4. The SMILES string of the molecule is Cn1c2ccccc2c2cc(-c3cccs3)c3ccccc3c(=O)c21. The number of benzene rings is 2. The van der Waals surface area contributed by atoms with Crippen LogP contribution in [0.4, 0.5) is 0 Å². The van der Waals surface area contributed by atoms with Gasteiger partial charge in [-0.25, -0.2) is 0 Å². The van der Waals surface area contributed by atoms with E-state index in [1.54, 1.807) is 11.3 Å². The molecule has 0 spiro atoms. The van der Waals surface area contributed by atoms with Crippen LogP contribution in [0.15, 0.2) is 76.9 Å². The number of fused-ring (bicyclic) bond motifs is 4. The van der Waals surface area contributed by atoms with Crippen molar-refractivity contribution in [2.75, 3.05) is 0 Å². The highest BCUT2D eigenvalue weighted by Crippen LogP contribution is 2.35. The molecule has 5 aromatic rings. The fourth-order valence-corrected chi connectivity index (χ4v) is 4.50. The minimum atomic E-state index is 0.0899. The van der Waals surface area contributed by atoms with Gasteiger partial charge in [-0.05, 0) is 29.0 Å². The molecule has 0 saturated carbocycles. The van der Waals surface area contributed by atoms with E-state index in [1.165, 1.54) is 4.88 Å². The van der Waals surface area contributed by atoms with E-state index in [2.05, 4.69) is 35.7 Å². The Labute approximate surface area is 148 Å². The number of hydrogen-bond donors (Lipinski definition) is 0. The van der Waals surface area contributed by atoms with Crippen LogP contribution in [0.1, 0.15) is 0 Å². The van der Waals surface area contributed by atoms with Crippen LogP contribution in [0, 0.1) is 0 Å². The molecule has 25 heavy (non-hydrogen) atoms. The standard InChI is InChI=1S/C22H15NOS/c1-23-19-10-5-4-8-15(19)18-13-17(20-11-6-12-25-20)14-7-2-3-9-16(14)22(24)21(18)23/h2-13H,1H3. The Bertz CT molecular complexity index is 1310. The Kier molecular flexibility index (Phi) is 3.06. The highest BCUT2D eigenvalue weighted by atomic mass is 32.1. The molecule has 120 valence electrons. The first-order valence-electron chi connectivity index (χ1n) is 8.23. The average molecular weight is 341 g/mol. The highest BCUT2D eigenvalue weighted by molar-refractivity contribution is 7.13. The normalized spacial score (nSPS) is 11.6. The van der Waals surface area contributed by atoms with E-state index in [-0.39, 0.29) is 5.43 Å². The molecule has 0 radical (unpaired) electrons. The summed E-state index contributed by atoms with van der Waals surface area (Å²) in [4.78, 5) is 14.6. The van der Waals surface area contributed by atoms with Gasteiger partial charge in [-0.15, -0.1) is 11.3 Å². The Morgan fingerprint density at radius 3 is 2.28 bits per heavy atom. The van der Waals surface area contributed by atoms with E-state index in [0.29, 0.717) is 0 Å². The summed E-state index contributed by atoms with van der Waals surface area (Å²) in [5.41, 5.74) is 3.06. The predicted octanol–water partition coefficient (Wildman–Crippen LogP) is 5.57. The lowest BCUT2D eigenvalue weighted by molar-refractivity contribution is 1.01. The Morgan fingerprint density at radius 2 is 1.52 bits per heavy atom. The summed E-state index contributed by atoms with van der Waals surface area (Å²) in [6, 6.07) is 22.5. The quantitative estimate of drug-likeness (QED) is 0.390. The summed E-state index contributed by atoms with van der Waals surface area (Å²) in [5.74, 6) is 0. The molecular weight excluding hydrogens is 326 g/mol. The lowest BCUT2D eigenvalue weighted by Crippen LogP contribution is -2.03. The summed E-state index contributed by atoms with van der Waals surface area (Å²) in [6.45, 7) is 0. The summed E-state index contributed by atoms with van der Waals surface area (Å²) in [6.07, 6.45) is 0. The molecule has 0 fully saturated rings. The van der Waals surface area contributed by atoms with Crippen LogP contribution >= 0.6 is 11.3 Å². The van der Waals surface area contributed by atoms with Gasteiger partial charge in [0.15, 0.2) is 0 Å². The maximum atomic E-state index is 13.4. The zero-order valence-corrected chi connectivity index (χ0v) is 14.5. The van der Waals surface area contributed by atoms with Gasteiger partial charge in [0.2, 0.25) is 5.43 Å². The van der Waals surface area contributed by atoms with Gasteiger partial charge in [0.05, 0.1) is 5.52 Å². The summed E-state index contributed by atoms with van der Waals surface area (Å²) < 4.78 is 2.03. The van der Waals surface area contributed by atoms with Gasteiger partial charge >= 0.3 is 0 Å². The van der Waals surface area contributed by atoms with Crippen molar-refractivity contribution in [3.63, 3.8) is 0 Å². The number of thiophene rings is 1. The monoisotopic (exact) mass is 341 g/mol. The molecular formula is C22H15NOS. The molecule has 3 heteroatoms. The number of rotatable bonds is 1. The molecule has 0 atom stereocenters. The zero-order chi connectivity index (χ0) is 17.0. The van der Waals surface area contributed by atoms with Crippen LogP contribution in [0.3, 0.4) is 0 Å². The third kappa shape index (κ3) is 1.99. The fraction of sp³-hybridized carbons (Fsp3) is 0.0455. The minimum Gasteiger partial charge on any atom is -0.340 e. The summed E-state index contributed by atoms with van der Waals surface area (Å²) in [5, 5.41) is 6.00. The first kappa shape index (κ1) is 14.4. The average Bonchev–Trinajstić information content (AvgIpc) is 3.24. The van der Waals surface area contributed by atoms with E-state index in [9.17, 15) is 4.79 Å². The zero-order valence-electron chi connectivity index (χ0n) is 13.7. The largest absolute Gasteiger partial charge is 0.340 e. The van der Waals surface area contributed by atoms with Crippen LogP contribution in [-0.4, -0.2) is 4.57 Å². The van der Waals surface area contributed by atoms with Crippen molar-refractivity contribution >= 4 is 43.9 Å². The molecule has 0 aliphatic rings.